The molecular formula is C17H34N2. The lowest BCUT2D eigenvalue weighted by Crippen LogP contribution is -2.64. The summed E-state index contributed by atoms with van der Waals surface area (Å²) in [6.07, 6.45) is 12.7. The second-order valence-corrected chi connectivity index (χ2v) is 7.09. The van der Waals surface area contributed by atoms with Crippen molar-refractivity contribution in [1.29, 1.82) is 0 Å². The van der Waals surface area contributed by atoms with E-state index < -0.39 is 0 Å². The molecule has 2 heteroatoms. The molecule has 1 N–H and O–H groups in total. The van der Waals surface area contributed by atoms with Crippen molar-refractivity contribution < 1.29 is 0 Å². The Morgan fingerprint density at radius 2 is 1.95 bits per heavy atom. The molecule has 2 nitrogen and oxygen atoms in total. The summed E-state index contributed by atoms with van der Waals surface area (Å²) in [6, 6.07) is 1.49. The van der Waals surface area contributed by atoms with Gasteiger partial charge in [-0.05, 0) is 33.1 Å². The van der Waals surface area contributed by atoms with E-state index in [2.05, 4.69) is 31.0 Å². The Balaban J connectivity index is 1.82. The van der Waals surface area contributed by atoms with Gasteiger partial charge >= 0.3 is 0 Å². The van der Waals surface area contributed by atoms with Crippen LogP contribution in [0.25, 0.3) is 0 Å². The van der Waals surface area contributed by atoms with Gasteiger partial charge in [-0.25, -0.2) is 0 Å². The van der Waals surface area contributed by atoms with Gasteiger partial charge in [-0.2, -0.15) is 0 Å². The zero-order valence-corrected chi connectivity index (χ0v) is 13.4. The Hall–Kier alpha value is -0.0800. The van der Waals surface area contributed by atoms with Crippen LogP contribution in [0.5, 0.6) is 0 Å². The molecule has 1 aliphatic carbocycles. The maximum Gasteiger partial charge on any atom is 0.0309 e. The van der Waals surface area contributed by atoms with E-state index in [1.807, 2.05) is 0 Å². The van der Waals surface area contributed by atoms with Gasteiger partial charge in [0, 0.05) is 30.7 Å². The van der Waals surface area contributed by atoms with E-state index in [1.54, 1.807) is 0 Å². The van der Waals surface area contributed by atoms with Crippen LogP contribution in [0, 0.1) is 0 Å². The summed E-state index contributed by atoms with van der Waals surface area (Å²) >= 11 is 0. The summed E-state index contributed by atoms with van der Waals surface area (Å²) in [5, 5.41) is 3.86. The number of hydrogen-bond donors (Lipinski definition) is 1. The highest BCUT2D eigenvalue weighted by atomic mass is 15.3. The van der Waals surface area contributed by atoms with E-state index in [0.29, 0.717) is 11.6 Å². The first-order valence-electron chi connectivity index (χ1n) is 8.68. The van der Waals surface area contributed by atoms with Gasteiger partial charge in [0.2, 0.25) is 0 Å². The fraction of sp³-hybridized carbons (Fsp3) is 1.00. The molecule has 0 bridgehead atoms. The standard InChI is InChI=1S/C17H34N2/c1-4-5-6-7-10-15(2)19-14-17(11-8-9-12-17)18-13-16(19)3/h15-16,18H,4-14H2,1-3H3. The van der Waals surface area contributed by atoms with Gasteiger partial charge in [-0.3, -0.25) is 4.90 Å². The highest BCUT2D eigenvalue weighted by Gasteiger charge is 2.40. The quantitative estimate of drug-likeness (QED) is 0.732. The molecule has 2 fully saturated rings. The summed E-state index contributed by atoms with van der Waals surface area (Å²) in [6.45, 7) is 9.64. The SMILES string of the molecule is CCCCCCC(C)N1CC2(CCCC2)NCC1C. The van der Waals surface area contributed by atoms with Crippen molar-refractivity contribution in [3.63, 3.8) is 0 Å². The summed E-state index contributed by atoms with van der Waals surface area (Å²) in [5.41, 5.74) is 0.476. The summed E-state index contributed by atoms with van der Waals surface area (Å²) < 4.78 is 0. The van der Waals surface area contributed by atoms with Crippen molar-refractivity contribution in [1.82, 2.24) is 10.2 Å². The molecule has 112 valence electrons. The predicted octanol–water partition coefficient (Wildman–Crippen LogP) is 3.95. The average Bonchev–Trinajstić information content (AvgIpc) is 2.86. The molecule has 2 atom stereocenters. The highest BCUT2D eigenvalue weighted by molar-refractivity contribution is 5.01. The fourth-order valence-corrected chi connectivity index (χ4v) is 4.05. The van der Waals surface area contributed by atoms with Crippen LogP contribution in [0.15, 0.2) is 0 Å². The normalized spacial score (nSPS) is 28.9. The molecule has 2 unspecified atom stereocenters. The lowest BCUT2D eigenvalue weighted by atomic mass is 9.91. The number of hydrogen-bond acceptors (Lipinski definition) is 2. The molecular weight excluding hydrogens is 232 g/mol. The first-order valence-corrected chi connectivity index (χ1v) is 8.68. The van der Waals surface area contributed by atoms with Crippen molar-refractivity contribution in [2.45, 2.75) is 96.2 Å². The maximum absolute atomic E-state index is 3.86. The Bertz CT molecular complexity index is 258. The van der Waals surface area contributed by atoms with Gasteiger partial charge in [-0.1, -0.05) is 45.4 Å². The second-order valence-electron chi connectivity index (χ2n) is 7.09. The van der Waals surface area contributed by atoms with Gasteiger partial charge < -0.3 is 5.32 Å². The molecule has 0 aromatic rings. The van der Waals surface area contributed by atoms with Crippen molar-refractivity contribution in [2.24, 2.45) is 0 Å². The molecule has 2 aliphatic rings. The van der Waals surface area contributed by atoms with Crippen LogP contribution in [0.2, 0.25) is 0 Å². The Kier molecular flexibility index (Phi) is 5.70. The van der Waals surface area contributed by atoms with Gasteiger partial charge in [0.25, 0.3) is 0 Å². The van der Waals surface area contributed by atoms with Gasteiger partial charge in [0.1, 0.15) is 0 Å². The van der Waals surface area contributed by atoms with Crippen molar-refractivity contribution >= 4 is 0 Å². The van der Waals surface area contributed by atoms with E-state index in [9.17, 15) is 0 Å². The lowest BCUT2D eigenvalue weighted by molar-refractivity contribution is 0.0527. The average molecular weight is 266 g/mol. The molecule has 0 radical (unpaired) electrons. The first kappa shape index (κ1) is 15.3. The largest absolute Gasteiger partial charge is 0.308 e. The minimum atomic E-state index is 0.476. The maximum atomic E-state index is 3.86. The van der Waals surface area contributed by atoms with Crippen LogP contribution in [-0.2, 0) is 0 Å². The molecule has 0 aromatic heterocycles. The highest BCUT2D eigenvalue weighted by Crippen LogP contribution is 2.34. The Morgan fingerprint density at radius 3 is 2.63 bits per heavy atom. The molecule has 1 spiro atoms. The first-order chi connectivity index (χ1) is 9.17. The molecule has 1 saturated heterocycles. The van der Waals surface area contributed by atoms with Crippen LogP contribution >= 0.6 is 0 Å². The number of nitrogens with zero attached hydrogens (tertiary/aromatic N) is 1. The van der Waals surface area contributed by atoms with Crippen LogP contribution in [-0.4, -0.2) is 35.6 Å². The van der Waals surface area contributed by atoms with Gasteiger partial charge in [-0.15, -0.1) is 0 Å². The molecule has 1 heterocycles. The zero-order valence-electron chi connectivity index (χ0n) is 13.4. The van der Waals surface area contributed by atoms with E-state index in [0.717, 1.165) is 6.04 Å². The lowest BCUT2D eigenvalue weighted by Gasteiger charge is -2.48. The van der Waals surface area contributed by atoms with Gasteiger partial charge in [0.15, 0.2) is 0 Å². The Morgan fingerprint density at radius 1 is 1.21 bits per heavy atom. The minimum Gasteiger partial charge on any atom is -0.308 e. The van der Waals surface area contributed by atoms with Crippen molar-refractivity contribution in [3.8, 4) is 0 Å². The number of rotatable bonds is 6. The van der Waals surface area contributed by atoms with E-state index in [-0.39, 0.29) is 0 Å². The minimum absolute atomic E-state index is 0.476. The van der Waals surface area contributed by atoms with E-state index >= 15 is 0 Å². The van der Waals surface area contributed by atoms with E-state index in [4.69, 9.17) is 0 Å². The second kappa shape index (κ2) is 7.08. The molecule has 19 heavy (non-hydrogen) atoms. The van der Waals surface area contributed by atoms with Crippen molar-refractivity contribution in [2.75, 3.05) is 13.1 Å². The third-order valence-electron chi connectivity index (χ3n) is 5.43. The van der Waals surface area contributed by atoms with Crippen molar-refractivity contribution in [3.05, 3.63) is 0 Å². The number of nitrogens with one attached hydrogen (secondary N) is 1. The molecule has 0 amide bonds. The van der Waals surface area contributed by atoms with E-state index in [1.165, 1.54) is 70.9 Å². The van der Waals surface area contributed by atoms with Crippen LogP contribution in [0.1, 0.15) is 78.6 Å². The molecule has 2 rings (SSSR count). The topological polar surface area (TPSA) is 15.3 Å². The fourth-order valence-electron chi connectivity index (χ4n) is 4.05. The zero-order chi connectivity index (χ0) is 13.7. The smallest absolute Gasteiger partial charge is 0.0309 e. The monoisotopic (exact) mass is 266 g/mol. The summed E-state index contributed by atoms with van der Waals surface area (Å²) in [5.74, 6) is 0. The summed E-state index contributed by atoms with van der Waals surface area (Å²) in [4.78, 5) is 2.80. The van der Waals surface area contributed by atoms with Crippen LogP contribution < -0.4 is 5.32 Å². The third-order valence-corrected chi connectivity index (χ3v) is 5.43. The number of piperazine rings is 1. The Labute approximate surface area is 120 Å². The molecule has 0 aromatic carbocycles. The van der Waals surface area contributed by atoms with Crippen LogP contribution in [0.4, 0.5) is 0 Å². The third kappa shape index (κ3) is 3.95. The predicted molar refractivity (Wildman–Crippen MR) is 83.6 cm³/mol. The van der Waals surface area contributed by atoms with Crippen LogP contribution in [0.3, 0.4) is 0 Å². The molecule has 1 aliphatic heterocycles. The summed E-state index contributed by atoms with van der Waals surface area (Å²) in [7, 11) is 0. The number of unbranched alkanes of at least 4 members (excludes halogenated alkanes) is 3. The van der Waals surface area contributed by atoms with Gasteiger partial charge in [0.05, 0.1) is 0 Å². The molecule has 1 saturated carbocycles.